The van der Waals surface area contributed by atoms with Gasteiger partial charge in [-0.05, 0) is 19.1 Å². The summed E-state index contributed by atoms with van der Waals surface area (Å²) in [6.45, 7) is 3.70. The number of carbonyl (C=O) groups is 1. The fourth-order valence-electron chi connectivity index (χ4n) is 0.999. The van der Waals surface area contributed by atoms with E-state index >= 15 is 0 Å². The van der Waals surface area contributed by atoms with Crippen molar-refractivity contribution in [1.82, 2.24) is 5.32 Å². The van der Waals surface area contributed by atoms with Crippen molar-refractivity contribution in [1.29, 1.82) is 0 Å². The minimum absolute atomic E-state index is 0.268. The van der Waals surface area contributed by atoms with Crippen LogP contribution in [0.15, 0.2) is 16.5 Å². The van der Waals surface area contributed by atoms with Gasteiger partial charge in [0.15, 0.2) is 5.76 Å². The summed E-state index contributed by atoms with van der Waals surface area (Å²) in [6.07, 6.45) is 5.91. The van der Waals surface area contributed by atoms with E-state index in [1.54, 1.807) is 19.1 Å². The molecule has 0 saturated heterocycles. The van der Waals surface area contributed by atoms with Crippen LogP contribution in [0, 0.1) is 12.3 Å². The second-order valence-corrected chi connectivity index (χ2v) is 2.98. The van der Waals surface area contributed by atoms with Crippen LogP contribution < -0.4 is 5.32 Å². The quantitative estimate of drug-likeness (QED) is 0.737. The van der Waals surface area contributed by atoms with Crippen molar-refractivity contribution in [3.8, 4) is 12.3 Å². The molecule has 0 bridgehead atoms. The van der Waals surface area contributed by atoms with Gasteiger partial charge in [-0.2, -0.15) is 0 Å². The number of rotatable bonds is 3. The van der Waals surface area contributed by atoms with E-state index in [1.165, 1.54) is 0 Å². The molecule has 0 aromatic carbocycles. The summed E-state index contributed by atoms with van der Waals surface area (Å²) in [4.78, 5) is 11.4. The summed E-state index contributed by atoms with van der Waals surface area (Å²) in [7, 11) is 0. The molecule has 1 atom stereocenters. The van der Waals surface area contributed by atoms with Crippen molar-refractivity contribution < 1.29 is 9.21 Å². The maximum Gasteiger partial charge on any atom is 0.287 e. The highest BCUT2D eigenvalue weighted by atomic mass is 16.3. The second kappa shape index (κ2) is 4.52. The molecule has 14 heavy (non-hydrogen) atoms. The Morgan fingerprint density at radius 3 is 2.93 bits per heavy atom. The molecule has 0 aliphatic rings. The molecule has 0 spiro atoms. The van der Waals surface area contributed by atoms with Crippen LogP contribution in [0.2, 0.25) is 0 Å². The zero-order chi connectivity index (χ0) is 10.6. The molecule has 0 saturated carbocycles. The summed E-state index contributed by atoms with van der Waals surface area (Å²) in [5, 5.41) is 2.61. The number of furan rings is 1. The van der Waals surface area contributed by atoms with E-state index in [0.29, 0.717) is 5.76 Å². The van der Waals surface area contributed by atoms with Gasteiger partial charge in [-0.3, -0.25) is 4.79 Å². The molecule has 0 fully saturated rings. The molecule has 1 unspecified atom stereocenters. The molecular weight excluding hydrogens is 178 g/mol. The molecule has 0 radical (unpaired) electrons. The average Bonchev–Trinajstić information content (AvgIpc) is 2.65. The van der Waals surface area contributed by atoms with Gasteiger partial charge in [0.05, 0.1) is 6.04 Å². The number of amides is 1. The van der Waals surface area contributed by atoms with Gasteiger partial charge in [-0.1, -0.05) is 12.8 Å². The first-order valence-electron chi connectivity index (χ1n) is 4.53. The molecule has 1 rings (SSSR count). The van der Waals surface area contributed by atoms with Gasteiger partial charge in [0.1, 0.15) is 5.76 Å². The Bertz CT molecular complexity index is 360. The van der Waals surface area contributed by atoms with Crippen LogP contribution in [-0.2, 0) is 6.42 Å². The van der Waals surface area contributed by atoms with Crippen molar-refractivity contribution >= 4 is 5.91 Å². The molecule has 1 amide bonds. The molecule has 1 aromatic rings. The van der Waals surface area contributed by atoms with E-state index in [0.717, 1.165) is 12.2 Å². The number of aryl methyl sites for hydroxylation is 1. The van der Waals surface area contributed by atoms with E-state index in [9.17, 15) is 4.79 Å². The zero-order valence-corrected chi connectivity index (χ0v) is 8.33. The molecule has 1 heterocycles. The summed E-state index contributed by atoms with van der Waals surface area (Å²) < 4.78 is 5.26. The van der Waals surface area contributed by atoms with Gasteiger partial charge >= 0.3 is 0 Å². The first kappa shape index (κ1) is 10.4. The molecule has 0 aliphatic heterocycles. The predicted octanol–water partition coefficient (Wildman–Crippen LogP) is 1.59. The van der Waals surface area contributed by atoms with Gasteiger partial charge in [0, 0.05) is 6.42 Å². The zero-order valence-electron chi connectivity index (χ0n) is 8.33. The topological polar surface area (TPSA) is 42.2 Å². The minimum Gasteiger partial charge on any atom is -0.456 e. The van der Waals surface area contributed by atoms with E-state index in [1.807, 2.05) is 6.92 Å². The van der Waals surface area contributed by atoms with Crippen LogP contribution in [0.1, 0.15) is 30.2 Å². The third-order valence-corrected chi connectivity index (χ3v) is 1.83. The first-order chi connectivity index (χ1) is 6.67. The smallest absolute Gasteiger partial charge is 0.287 e. The largest absolute Gasteiger partial charge is 0.456 e. The third-order valence-electron chi connectivity index (χ3n) is 1.83. The van der Waals surface area contributed by atoms with Gasteiger partial charge in [0.2, 0.25) is 0 Å². The standard InChI is InChI=1S/C11H13NO2/c1-4-8(3)12-11(13)10-7-6-9(5-2)14-10/h1,6-8H,5H2,2-3H3,(H,12,13). The van der Waals surface area contributed by atoms with Crippen LogP contribution in [0.5, 0.6) is 0 Å². The van der Waals surface area contributed by atoms with Crippen molar-refractivity contribution in [3.05, 3.63) is 23.7 Å². The fourth-order valence-corrected chi connectivity index (χ4v) is 0.999. The highest BCUT2D eigenvalue weighted by molar-refractivity contribution is 5.91. The van der Waals surface area contributed by atoms with E-state index in [4.69, 9.17) is 10.8 Å². The van der Waals surface area contributed by atoms with Crippen LogP contribution >= 0.6 is 0 Å². The lowest BCUT2D eigenvalue weighted by Gasteiger charge is -2.04. The summed E-state index contributed by atoms with van der Waals surface area (Å²) in [6, 6.07) is 3.16. The Labute approximate surface area is 83.5 Å². The molecular formula is C11H13NO2. The number of terminal acetylenes is 1. The molecule has 0 aliphatic carbocycles. The monoisotopic (exact) mass is 191 g/mol. The summed E-state index contributed by atoms with van der Waals surface area (Å²) in [5.41, 5.74) is 0. The van der Waals surface area contributed by atoms with Crippen molar-refractivity contribution in [2.75, 3.05) is 0 Å². The van der Waals surface area contributed by atoms with Gasteiger partial charge in [0.25, 0.3) is 5.91 Å². The number of hydrogen-bond acceptors (Lipinski definition) is 2. The Hall–Kier alpha value is -1.69. The SMILES string of the molecule is C#CC(C)NC(=O)c1ccc(CC)o1. The fraction of sp³-hybridized carbons (Fsp3) is 0.364. The third kappa shape index (κ3) is 2.40. The highest BCUT2D eigenvalue weighted by Crippen LogP contribution is 2.08. The summed E-state index contributed by atoms with van der Waals surface area (Å²) in [5.74, 6) is 3.25. The van der Waals surface area contributed by atoms with E-state index in [2.05, 4.69) is 11.2 Å². The number of hydrogen-bond donors (Lipinski definition) is 1. The lowest BCUT2D eigenvalue weighted by molar-refractivity contribution is 0.0918. The van der Waals surface area contributed by atoms with Gasteiger partial charge in [-0.25, -0.2) is 0 Å². The molecule has 3 nitrogen and oxygen atoms in total. The van der Waals surface area contributed by atoms with E-state index in [-0.39, 0.29) is 11.9 Å². The van der Waals surface area contributed by atoms with Crippen LogP contribution in [-0.4, -0.2) is 11.9 Å². The molecule has 3 heteroatoms. The first-order valence-corrected chi connectivity index (χ1v) is 4.53. The number of carbonyl (C=O) groups excluding carboxylic acids is 1. The minimum atomic E-state index is -0.280. The maximum absolute atomic E-state index is 11.4. The highest BCUT2D eigenvalue weighted by Gasteiger charge is 2.11. The van der Waals surface area contributed by atoms with Crippen LogP contribution in [0.3, 0.4) is 0 Å². The van der Waals surface area contributed by atoms with Crippen molar-refractivity contribution in [2.45, 2.75) is 26.3 Å². The lowest BCUT2D eigenvalue weighted by atomic mass is 10.3. The Morgan fingerprint density at radius 1 is 1.71 bits per heavy atom. The van der Waals surface area contributed by atoms with Gasteiger partial charge < -0.3 is 9.73 Å². The molecule has 1 N–H and O–H groups in total. The van der Waals surface area contributed by atoms with Crippen molar-refractivity contribution in [2.24, 2.45) is 0 Å². The molecule has 74 valence electrons. The van der Waals surface area contributed by atoms with Crippen LogP contribution in [0.25, 0.3) is 0 Å². The Balaban J connectivity index is 2.66. The van der Waals surface area contributed by atoms with Crippen LogP contribution in [0.4, 0.5) is 0 Å². The summed E-state index contributed by atoms with van der Waals surface area (Å²) >= 11 is 0. The lowest BCUT2D eigenvalue weighted by Crippen LogP contribution is -2.30. The van der Waals surface area contributed by atoms with Gasteiger partial charge in [-0.15, -0.1) is 6.42 Å². The second-order valence-electron chi connectivity index (χ2n) is 2.98. The van der Waals surface area contributed by atoms with E-state index < -0.39 is 0 Å². The van der Waals surface area contributed by atoms with Crippen molar-refractivity contribution in [3.63, 3.8) is 0 Å². The normalized spacial score (nSPS) is 11.8. The predicted molar refractivity (Wildman–Crippen MR) is 53.8 cm³/mol. The maximum atomic E-state index is 11.4. The Kier molecular flexibility index (Phi) is 3.35. The Morgan fingerprint density at radius 2 is 2.43 bits per heavy atom. The molecule has 1 aromatic heterocycles. The average molecular weight is 191 g/mol. The number of nitrogens with one attached hydrogen (secondary N) is 1.